The quantitative estimate of drug-likeness (QED) is 0.696. The summed E-state index contributed by atoms with van der Waals surface area (Å²) in [4.78, 5) is 0. The summed E-state index contributed by atoms with van der Waals surface area (Å²) in [6, 6.07) is 0. The van der Waals surface area contributed by atoms with E-state index in [1.165, 1.54) is 0 Å². The average molecular weight is 211 g/mol. The summed E-state index contributed by atoms with van der Waals surface area (Å²) < 4.78 is 0.870. The van der Waals surface area contributed by atoms with Crippen LogP contribution in [0.1, 0.15) is 11.9 Å². The van der Waals surface area contributed by atoms with Gasteiger partial charge >= 0.3 is 0 Å². The molecule has 0 unspecified atom stereocenters. The Hall–Kier alpha value is -0.0000000000000000486. The number of halogens is 1. The van der Waals surface area contributed by atoms with Crippen molar-refractivity contribution in [2.45, 2.75) is 13.3 Å². The summed E-state index contributed by atoms with van der Waals surface area (Å²) >= 11 is 4.80. The molecule has 0 bridgehead atoms. The Morgan fingerprint density at radius 2 is 2.22 bits per heavy atom. The van der Waals surface area contributed by atoms with Crippen LogP contribution in [0.5, 0.6) is 0 Å². The number of nitrogens with zero attached hydrogens (tertiary/aromatic N) is 2. The Labute approximate surface area is 65.6 Å². The Bertz CT molecular complexity index is 179. The van der Waals surface area contributed by atoms with Crippen molar-refractivity contribution < 1.29 is 5.48 Å². The predicted molar refractivity (Wildman–Crippen MR) is 40.6 cm³/mol. The molecule has 1 aromatic rings. The number of hydrogen-bond donors (Lipinski definition) is 0. The van der Waals surface area contributed by atoms with Crippen molar-refractivity contribution in [2.24, 2.45) is 0 Å². The first-order valence-electron chi connectivity index (χ1n) is 2.31. The monoisotopic (exact) mass is 210 g/mol. The zero-order valence-electron chi connectivity index (χ0n) is 4.89. The first-order valence-corrected chi connectivity index (χ1v) is 3.91. The Morgan fingerprint density at radius 1 is 1.56 bits per heavy atom. The lowest BCUT2D eigenvalue weighted by Gasteiger charge is -1.75. The van der Waals surface area contributed by atoms with E-state index in [0.29, 0.717) is 0 Å². The van der Waals surface area contributed by atoms with Gasteiger partial charge in [-0.05, 0) is 22.4 Å². The predicted octanol–water partition coefficient (Wildman–Crippen LogP) is 1.04. The van der Waals surface area contributed by atoms with E-state index >= 15 is 0 Å². The van der Waals surface area contributed by atoms with E-state index in [1.807, 2.05) is 0 Å². The molecule has 0 aliphatic heterocycles. The summed E-state index contributed by atoms with van der Waals surface area (Å²) in [5, 5.41) is 8.71. The van der Waals surface area contributed by atoms with Gasteiger partial charge in [0.2, 0.25) is 0 Å². The molecule has 0 aliphatic rings. The smallest absolute Gasteiger partial charge is 0.183 e. The first kappa shape index (κ1) is 9.00. The fourth-order valence-electron chi connectivity index (χ4n) is 0.376. The molecule has 5 heteroatoms. The van der Waals surface area contributed by atoms with E-state index in [-0.39, 0.29) is 5.48 Å². The minimum atomic E-state index is 0. The maximum absolute atomic E-state index is 3.86. The van der Waals surface area contributed by atoms with E-state index in [4.69, 9.17) is 0 Å². The van der Waals surface area contributed by atoms with Crippen molar-refractivity contribution >= 4 is 27.3 Å². The third-order valence-corrected chi connectivity index (χ3v) is 2.24. The highest BCUT2D eigenvalue weighted by atomic mass is 79.9. The molecule has 0 saturated carbocycles. The molecule has 1 aromatic heterocycles. The molecule has 0 fully saturated rings. The number of aryl methyl sites for hydroxylation is 1. The van der Waals surface area contributed by atoms with Crippen LogP contribution in [0, 0.1) is 0 Å². The molecule has 0 atom stereocenters. The minimum absolute atomic E-state index is 0. The zero-order chi connectivity index (χ0) is 5.98. The second-order valence-corrected chi connectivity index (χ2v) is 3.64. The fourth-order valence-corrected chi connectivity index (χ4v) is 1.52. The third-order valence-electron chi connectivity index (χ3n) is 0.745. The van der Waals surface area contributed by atoms with Crippen LogP contribution < -0.4 is 0 Å². The van der Waals surface area contributed by atoms with Crippen molar-refractivity contribution in [2.75, 3.05) is 0 Å². The summed E-state index contributed by atoms with van der Waals surface area (Å²) in [6.07, 6.45) is 0.975. The SMILES string of the molecule is CCc1nnc(Br)s1.O. The Morgan fingerprint density at radius 3 is 2.44 bits per heavy atom. The highest BCUT2D eigenvalue weighted by Gasteiger charge is 1.95. The molecule has 3 nitrogen and oxygen atoms in total. The molecule has 0 saturated heterocycles. The minimum Gasteiger partial charge on any atom is -0.412 e. The van der Waals surface area contributed by atoms with E-state index < -0.39 is 0 Å². The molecule has 0 amide bonds. The normalized spacial score (nSPS) is 8.67. The van der Waals surface area contributed by atoms with Gasteiger partial charge in [0, 0.05) is 0 Å². The lowest BCUT2D eigenvalue weighted by Crippen LogP contribution is -1.74. The molecular weight excluding hydrogens is 204 g/mol. The van der Waals surface area contributed by atoms with E-state index in [1.54, 1.807) is 11.3 Å². The fraction of sp³-hybridized carbons (Fsp3) is 0.500. The van der Waals surface area contributed by atoms with Crippen LogP contribution in [-0.4, -0.2) is 15.7 Å². The van der Waals surface area contributed by atoms with Gasteiger partial charge in [-0.1, -0.05) is 18.3 Å². The molecule has 52 valence electrons. The van der Waals surface area contributed by atoms with Crippen LogP contribution in [-0.2, 0) is 6.42 Å². The lowest BCUT2D eigenvalue weighted by atomic mass is 10.5. The molecule has 0 aliphatic carbocycles. The molecule has 0 spiro atoms. The molecular formula is C4H7BrN2OS. The van der Waals surface area contributed by atoms with Crippen molar-refractivity contribution in [1.82, 2.24) is 10.2 Å². The van der Waals surface area contributed by atoms with E-state index in [0.717, 1.165) is 15.3 Å². The van der Waals surface area contributed by atoms with Gasteiger partial charge in [0.25, 0.3) is 0 Å². The van der Waals surface area contributed by atoms with Gasteiger partial charge in [-0.15, -0.1) is 10.2 Å². The van der Waals surface area contributed by atoms with Gasteiger partial charge in [-0.2, -0.15) is 0 Å². The van der Waals surface area contributed by atoms with Crippen molar-refractivity contribution in [1.29, 1.82) is 0 Å². The average Bonchev–Trinajstić information content (AvgIpc) is 2.14. The van der Waals surface area contributed by atoms with Crippen molar-refractivity contribution in [3.8, 4) is 0 Å². The van der Waals surface area contributed by atoms with Gasteiger partial charge in [-0.25, -0.2) is 0 Å². The summed E-state index contributed by atoms with van der Waals surface area (Å²) in [5.74, 6) is 0. The van der Waals surface area contributed by atoms with Crippen LogP contribution in [0.2, 0.25) is 0 Å². The van der Waals surface area contributed by atoms with Crippen molar-refractivity contribution in [3.05, 3.63) is 8.92 Å². The summed E-state index contributed by atoms with van der Waals surface area (Å²) in [6.45, 7) is 2.06. The molecule has 9 heavy (non-hydrogen) atoms. The maximum Gasteiger partial charge on any atom is 0.183 e. The molecule has 0 aromatic carbocycles. The second kappa shape index (κ2) is 3.92. The van der Waals surface area contributed by atoms with Crippen LogP contribution in [0.25, 0.3) is 0 Å². The Kier molecular flexibility index (Phi) is 3.92. The number of aromatic nitrogens is 2. The van der Waals surface area contributed by atoms with Gasteiger partial charge in [0.1, 0.15) is 5.01 Å². The number of hydrogen-bond acceptors (Lipinski definition) is 3. The second-order valence-electron chi connectivity index (χ2n) is 1.30. The third kappa shape index (κ3) is 2.38. The lowest BCUT2D eigenvalue weighted by molar-refractivity contribution is 0.824. The highest BCUT2D eigenvalue weighted by molar-refractivity contribution is 9.11. The van der Waals surface area contributed by atoms with Crippen LogP contribution >= 0.6 is 27.3 Å². The molecule has 1 heterocycles. The summed E-state index contributed by atoms with van der Waals surface area (Å²) in [7, 11) is 0. The van der Waals surface area contributed by atoms with Gasteiger partial charge in [0.05, 0.1) is 0 Å². The van der Waals surface area contributed by atoms with Crippen LogP contribution in [0.4, 0.5) is 0 Å². The first-order chi connectivity index (χ1) is 3.83. The summed E-state index contributed by atoms with van der Waals surface area (Å²) in [5.41, 5.74) is 0. The standard InChI is InChI=1S/C4H5BrN2S.H2O/c1-2-3-6-7-4(5)8-3;/h2H2,1H3;1H2. The molecule has 0 radical (unpaired) electrons. The van der Waals surface area contributed by atoms with Crippen LogP contribution in [0.3, 0.4) is 0 Å². The Balaban J connectivity index is 0.000000640. The van der Waals surface area contributed by atoms with E-state index in [2.05, 4.69) is 33.1 Å². The maximum atomic E-state index is 3.86. The topological polar surface area (TPSA) is 57.3 Å². The zero-order valence-corrected chi connectivity index (χ0v) is 7.29. The van der Waals surface area contributed by atoms with Crippen LogP contribution in [0.15, 0.2) is 3.92 Å². The van der Waals surface area contributed by atoms with Crippen molar-refractivity contribution in [3.63, 3.8) is 0 Å². The van der Waals surface area contributed by atoms with Gasteiger partial charge in [0.15, 0.2) is 3.92 Å². The molecule has 1 rings (SSSR count). The molecule has 2 N–H and O–H groups in total. The number of rotatable bonds is 1. The van der Waals surface area contributed by atoms with Gasteiger partial charge < -0.3 is 5.48 Å². The van der Waals surface area contributed by atoms with E-state index in [9.17, 15) is 0 Å². The van der Waals surface area contributed by atoms with Gasteiger partial charge in [-0.3, -0.25) is 0 Å². The highest BCUT2D eigenvalue weighted by Crippen LogP contribution is 2.15. The largest absolute Gasteiger partial charge is 0.412 e.